The number of Topliss-reactive ketones (excluding diaryl/α,β-unsaturated/α-hetero) is 1. The number of cyclic esters (lactones) is 1. The Kier molecular flexibility index (Phi) is 4.46. The van der Waals surface area contributed by atoms with Gasteiger partial charge in [0.25, 0.3) is 5.56 Å². The maximum Gasteiger partial charge on any atom is 0.343 e. The van der Waals surface area contributed by atoms with Crippen LogP contribution in [0, 0.1) is 0 Å². The Bertz CT molecular complexity index is 1390. The predicted molar refractivity (Wildman–Crippen MR) is 115 cm³/mol. The van der Waals surface area contributed by atoms with Crippen LogP contribution in [0.25, 0.3) is 22.3 Å². The van der Waals surface area contributed by atoms with E-state index in [1.165, 1.54) is 6.92 Å². The number of hydrogen-bond acceptors (Lipinski definition) is 7. The monoisotopic (exact) mass is 434 g/mol. The SMILES string of the molecule is CC[C@@]1(O)C(=O)OCc2c1cc1n(c2=O)Cc2cc3c(CCC(C)=O)c(O)ccc3nc2-1. The summed E-state index contributed by atoms with van der Waals surface area (Å²) in [5.41, 5.74) is 1.55. The average Bonchev–Trinajstić information content (AvgIpc) is 3.12. The van der Waals surface area contributed by atoms with Crippen LogP contribution in [-0.2, 0) is 39.5 Å². The van der Waals surface area contributed by atoms with Crippen molar-refractivity contribution in [1.82, 2.24) is 9.55 Å². The molecule has 1 atom stereocenters. The van der Waals surface area contributed by atoms with Crippen LogP contribution in [0.1, 0.15) is 48.9 Å². The van der Waals surface area contributed by atoms with Crippen molar-refractivity contribution in [3.05, 3.63) is 56.9 Å². The molecule has 4 heterocycles. The molecule has 0 aliphatic carbocycles. The maximum absolute atomic E-state index is 13.2. The number of nitrogens with zero attached hydrogens (tertiary/aromatic N) is 2. The van der Waals surface area contributed by atoms with Crippen molar-refractivity contribution in [2.24, 2.45) is 0 Å². The Morgan fingerprint density at radius 1 is 1.28 bits per heavy atom. The first-order valence-corrected chi connectivity index (χ1v) is 10.6. The quantitative estimate of drug-likeness (QED) is 0.473. The zero-order chi connectivity index (χ0) is 22.8. The van der Waals surface area contributed by atoms with Gasteiger partial charge in [-0.15, -0.1) is 0 Å². The van der Waals surface area contributed by atoms with Gasteiger partial charge in [0, 0.05) is 28.5 Å². The van der Waals surface area contributed by atoms with E-state index in [2.05, 4.69) is 0 Å². The number of phenols is 1. The summed E-state index contributed by atoms with van der Waals surface area (Å²) in [6.07, 6.45) is 0.779. The first-order valence-electron chi connectivity index (χ1n) is 10.6. The van der Waals surface area contributed by atoms with E-state index in [-0.39, 0.29) is 47.8 Å². The average molecular weight is 434 g/mol. The smallest absolute Gasteiger partial charge is 0.343 e. The highest BCUT2D eigenvalue weighted by Crippen LogP contribution is 2.39. The molecule has 0 unspecified atom stereocenters. The molecule has 5 rings (SSSR count). The van der Waals surface area contributed by atoms with Gasteiger partial charge in [0.05, 0.1) is 29.0 Å². The first kappa shape index (κ1) is 20.4. The highest BCUT2D eigenvalue weighted by Gasteiger charge is 2.45. The van der Waals surface area contributed by atoms with E-state index in [0.29, 0.717) is 35.3 Å². The summed E-state index contributed by atoms with van der Waals surface area (Å²) in [6.45, 7) is 3.27. The largest absolute Gasteiger partial charge is 0.508 e. The van der Waals surface area contributed by atoms with Crippen LogP contribution in [0.4, 0.5) is 0 Å². The summed E-state index contributed by atoms with van der Waals surface area (Å²) < 4.78 is 6.66. The van der Waals surface area contributed by atoms with Gasteiger partial charge in [-0.25, -0.2) is 9.78 Å². The van der Waals surface area contributed by atoms with Crippen molar-refractivity contribution in [3.8, 4) is 17.1 Å². The number of fused-ring (bicyclic) bond motifs is 5. The molecule has 8 nitrogen and oxygen atoms in total. The molecular formula is C24H22N2O6. The minimum Gasteiger partial charge on any atom is -0.508 e. The van der Waals surface area contributed by atoms with Gasteiger partial charge in [0.2, 0.25) is 0 Å². The zero-order valence-electron chi connectivity index (χ0n) is 17.8. The summed E-state index contributed by atoms with van der Waals surface area (Å²) in [4.78, 5) is 41.7. The lowest BCUT2D eigenvalue weighted by atomic mass is 9.86. The number of esters is 1. The zero-order valence-corrected chi connectivity index (χ0v) is 17.8. The molecule has 164 valence electrons. The molecule has 2 N–H and O–H groups in total. The molecule has 0 spiro atoms. The molecule has 3 aromatic rings. The Balaban J connectivity index is 1.71. The van der Waals surface area contributed by atoms with E-state index < -0.39 is 11.6 Å². The van der Waals surface area contributed by atoms with E-state index in [1.54, 1.807) is 29.7 Å². The molecule has 32 heavy (non-hydrogen) atoms. The number of ketones is 1. The molecule has 1 aromatic carbocycles. The summed E-state index contributed by atoms with van der Waals surface area (Å²) >= 11 is 0. The molecule has 0 saturated heterocycles. The lowest BCUT2D eigenvalue weighted by Gasteiger charge is -2.31. The number of carbonyl (C=O) groups is 2. The van der Waals surface area contributed by atoms with Gasteiger partial charge in [-0.05, 0) is 44.0 Å². The van der Waals surface area contributed by atoms with Gasteiger partial charge >= 0.3 is 5.97 Å². The van der Waals surface area contributed by atoms with E-state index in [9.17, 15) is 24.6 Å². The molecule has 0 fully saturated rings. The second-order valence-corrected chi connectivity index (χ2v) is 8.43. The van der Waals surface area contributed by atoms with Crippen molar-refractivity contribution >= 4 is 22.7 Å². The van der Waals surface area contributed by atoms with E-state index in [4.69, 9.17) is 9.72 Å². The fourth-order valence-electron chi connectivity index (χ4n) is 4.66. The van der Waals surface area contributed by atoms with Crippen molar-refractivity contribution in [2.45, 2.75) is 51.9 Å². The number of pyridine rings is 2. The van der Waals surface area contributed by atoms with Crippen LogP contribution in [-0.4, -0.2) is 31.5 Å². The van der Waals surface area contributed by atoms with Gasteiger partial charge in [-0.3, -0.25) is 4.79 Å². The highest BCUT2D eigenvalue weighted by atomic mass is 16.6. The Morgan fingerprint density at radius 2 is 2.06 bits per heavy atom. The molecular weight excluding hydrogens is 412 g/mol. The number of aromatic hydroxyl groups is 1. The van der Waals surface area contributed by atoms with Crippen LogP contribution < -0.4 is 5.56 Å². The molecule has 0 saturated carbocycles. The van der Waals surface area contributed by atoms with Gasteiger partial charge in [-0.2, -0.15) is 0 Å². The number of hydrogen-bond donors (Lipinski definition) is 2. The third-order valence-corrected chi connectivity index (χ3v) is 6.51. The fourth-order valence-corrected chi connectivity index (χ4v) is 4.66. The molecule has 2 aromatic heterocycles. The summed E-state index contributed by atoms with van der Waals surface area (Å²) in [5.74, 6) is -0.625. The Labute approximate surface area is 183 Å². The second-order valence-electron chi connectivity index (χ2n) is 8.43. The molecule has 2 aliphatic rings. The minimum atomic E-state index is -1.87. The number of benzene rings is 1. The number of phenolic OH excluding ortho intramolecular Hbond substituents is 1. The number of rotatable bonds is 4. The number of aliphatic hydroxyl groups is 1. The Morgan fingerprint density at radius 3 is 2.78 bits per heavy atom. The topological polar surface area (TPSA) is 119 Å². The highest BCUT2D eigenvalue weighted by molar-refractivity contribution is 5.89. The van der Waals surface area contributed by atoms with E-state index >= 15 is 0 Å². The van der Waals surface area contributed by atoms with Gasteiger partial charge < -0.3 is 24.3 Å². The summed E-state index contributed by atoms with van der Waals surface area (Å²) in [7, 11) is 0. The lowest BCUT2D eigenvalue weighted by molar-refractivity contribution is -0.172. The number of ether oxygens (including phenoxy) is 1. The molecule has 2 aliphatic heterocycles. The van der Waals surface area contributed by atoms with Crippen LogP contribution in [0.3, 0.4) is 0 Å². The first-order chi connectivity index (χ1) is 15.2. The molecule has 0 bridgehead atoms. The van der Waals surface area contributed by atoms with Crippen molar-refractivity contribution in [1.29, 1.82) is 0 Å². The molecule has 0 radical (unpaired) electrons. The van der Waals surface area contributed by atoms with Crippen LogP contribution in [0.2, 0.25) is 0 Å². The van der Waals surface area contributed by atoms with Crippen LogP contribution in [0.5, 0.6) is 5.75 Å². The van der Waals surface area contributed by atoms with Crippen molar-refractivity contribution in [2.75, 3.05) is 0 Å². The lowest BCUT2D eigenvalue weighted by Crippen LogP contribution is -2.44. The van der Waals surface area contributed by atoms with Gasteiger partial charge in [0.1, 0.15) is 18.1 Å². The van der Waals surface area contributed by atoms with Crippen molar-refractivity contribution < 1.29 is 24.5 Å². The Hall–Kier alpha value is -3.52. The van der Waals surface area contributed by atoms with Crippen LogP contribution in [0.15, 0.2) is 29.1 Å². The van der Waals surface area contributed by atoms with E-state index in [0.717, 1.165) is 10.9 Å². The third kappa shape index (κ3) is 2.79. The van der Waals surface area contributed by atoms with Gasteiger partial charge in [-0.1, -0.05) is 6.92 Å². The third-order valence-electron chi connectivity index (χ3n) is 6.51. The number of aromatic nitrogens is 2. The molecule has 0 amide bonds. The summed E-state index contributed by atoms with van der Waals surface area (Å²) in [6, 6.07) is 6.81. The standard InChI is InChI=1S/C24H22N2O6/c1-3-24(31)17-9-19-21-13(10-26(19)22(29)16(17)11-32-23(24)30)8-15-14(5-4-12(2)27)20(28)7-6-18(15)25-21/h6-9,28,31H,3-5,10-11H2,1-2H3/t24-/m0/s1. The summed E-state index contributed by atoms with van der Waals surface area (Å²) in [5, 5.41) is 22.1. The normalized spacial score (nSPS) is 18.8. The second kappa shape index (κ2) is 7.00. The molecule has 8 heteroatoms. The maximum atomic E-state index is 13.2. The van der Waals surface area contributed by atoms with Crippen molar-refractivity contribution in [3.63, 3.8) is 0 Å². The van der Waals surface area contributed by atoms with Crippen LogP contribution >= 0.6 is 0 Å². The van der Waals surface area contributed by atoms with E-state index in [1.807, 2.05) is 6.07 Å². The number of carbonyl (C=O) groups excluding carboxylic acids is 2. The fraction of sp³-hybridized carbons (Fsp3) is 0.333. The predicted octanol–water partition coefficient (Wildman–Crippen LogP) is 2.31. The minimum absolute atomic E-state index is 0.0280. The van der Waals surface area contributed by atoms with Gasteiger partial charge in [0.15, 0.2) is 5.60 Å². The number of aryl methyl sites for hydroxylation is 1.